The lowest BCUT2D eigenvalue weighted by Gasteiger charge is -2.01. The smallest absolute Gasteiger partial charge is 0.229 e. The third kappa shape index (κ3) is 4.08. The average Bonchev–Trinajstić information content (AvgIpc) is 2.39. The zero-order valence-electron chi connectivity index (χ0n) is 10.0. The second kappa shape index (κ2) is 6.55. The molecule has 8 heteroatoms. The van der Waals surface area contributed by atoms with Crippen LogP contribution in [0.1, 0.15) is 0 Å². The number of hydrogen-bond acceptors (Lipinski definition) is 4. The standard InChI is InChI=1S/C12H8O6P2/c13-19(14)17-11-5-1-9(2-6-11)10-3-7-12(8-4-10)18-20(15)16/h1-8H/p+2. The summed E-state index contributed by atoms with van der Waals surface area (Å²) in [5.74, 6) is 0.601. The summed E-state index contributed by atoms with van der Waals surface area (Å²) in [5.41, 5.74) is 1.73. The molecule has 2 rings (SSSR count). The van der Waals surface area contributed by atoms with Crippen molar-refractivity contribution in [1.29, 1.82) is 0 Å². The van der Waals surface area contributed by atoms with Gasteiger partial charge in [0.2, 0.25) is 0 Å². The van der Waals surface area contributed by atoms with Crippen molar-refractivity contribution in [2.24, 2.45) is 0 Å². The molecule has 0 saturated carbocycles. The molecule has 2 atom stereocenters. The van der Waals surface area contributed by atoms with E-state index < -0.39 is 16.5 Å². The molecule has 0 amide bonds. The van der Waals surface area contributed by atoms with Gasteiger partial charge >= 0.3 is 16.5 Å². The summed E-state index contributed by atoms with van der Waals surface area (Å²) < 4.78 is 30.3. The first-order chi connectivity index (χ1) is 9.54. The first kappa shape index (κ1) is 14.6. The largest absolute Gasteiger partial charge is 0.747 e. The molecule has 2 N–H and O–H groups in total. The minimum absolute atomic E-state index is 0.301. The molecule has 0 spiro atoms. The molecule has 6 nitrogen and oxygen atoms in total. The Morgan fingerprint density at radius 2 is 0.950 bits per heavy atom. The van der Waals surface area contributed by atoms with Crippen LogP contribution >= 0.6 is 16.5 Å². The molecule has 0 fully saturated rings. The van der Waals surface area contributed by atoms with Crippen LogP contribution < -0.4 is 9.05 Å². The summed E-state index contributed by atoms with van der Waals surface area (Å²) in [7, 11) is -5.34. The van der Waals surface area contributed by atoms with Gasteiger partial charge in [-0.2, -0.15) is 0 Å². The van der Waals surface area contributed by atoms with Crippen molar-refractivity contribution in [3.8, 4) is 22.6 Å². The van der Waals surface area contributed by atoms with Crippen molar-refractivity contribution in [2.75, 3.05) is 0 Å². The van der Waals surface area contributed by atoms with Crippen LogP contribution in [-0.2, 0) is 9.13 Å². The minimum atomic E-state index is -2.67. The Morgan fingerprint density at radius 1 is 0.650 bits per heavy atom. The van der Waals surface area contributed by atoms with E-state index in [0.29, 0.717) is 11.5 Å². The molecular formula is C12H10O6P2+2. The molecule has 0 bridgehead atoms. The Hall–Kier alpha value is -1.84. The fourth-order valence-corrected chi connectivity index (χ4v) is 2.20. The van der Waals surface area contributed by atoms with E-state index in [1.54, 1.807) is 48.5 Å². The Morgan fingerprint density at radius 3 is 1.20 bits per heavy atom. The number of benzene rings is 2. The lowest BCUT2D eigenvalue weighted by atomic mass is 10.1. The van der Waals surface area contributed by atoms with Crippen LogP contribution in [0.15, 0.2) is 48.5 Å². The van der Waals surface area contributed by atoms with Gasteiger partial charge in [0.05, 0.1) is 0 Å². The van der Waals surface area contributed by atoms with Crippen LogP contribution in [0.4, 0.5) is 0 Å². The SMILES string of the molecule is O=[P+](O)Oc1ccc(-c2ccc(O[P+](=O)O)cc2)cc1. The zero-order chi connectivity index (χ0) is 14.5. The summed E-state index contributed by atoms with van der Waals surface area (Å²) in [6.45, 7) is 0. The first-order valence-electron chi connectivity index (χ1n) is 5.43. The predicted octanol–water partition coefficient (Wildman–Crippen LogP) is 3.41. The van der Waals surface area contributed by atoms with Crippen LogP contribution in [0, 0.1) is 0 Å². The molecule has 0 aliphatic carbocycles. The van der Waals surface area contributed by atoms with Gasteiger partial charge in [0.1, 0.15) is 0 Å². The van der Waals surface area contributed by atoms with E-state index in [-0.39, 0.29) is 0 Å². The van der Waals surface area contributed by atoms with Crippen LogP contribution in [0.2, 0.25) is 0 Å². The Labute approximate surface area is 116 Å². The van der Waals surface area contributed by atoms with E-state index in [0.717, 1.165) is 11.1 Å². The van der Waals surface area contributed by atoms with E-state index in [1.165, 1.54) is 0 Å². The molecule has 0 aliphatic heterocycles. The molecule has 0 saturated heterocycles. The number of hydrogen-bond donors (Lipinski definition) is 2. The summed E-state index contributed by atoms with van der Waals surface area (Å²) in [6.07, 6.45) is 0. The predicted molar refractivity (Wildman–Crippen MR) is 72.8 cm³/mol. The number of rotatable bonds is 5. The molecule has 102 valence electrons. The van der Waals surface area contributed by atoms with Crippen molar-refractivity contribution in [1.82, 2.24) is 0 Å². The highest BCUT2D eigenvalue weighted by atomic mass is 31.1. The lowest BCUT2D eigenvalue weighted by molar-refractivity contribution is 0.408. The molecule has 2 unspecified atom stereocenters. The van der Waals surface area contributed by atoms with Crippen LogP contribution in [0.25, 0.3) is 11.1 Å². The highest BCUT2D eigenvalue weighted by molar-refractivity contribution is 7.32. The van der Waals surface area contributed by atoms with Crippen LogP contribution in [0.3, 0.4) is 0 Å². The maximum atomic E-state index is 10.5. The third-order valence-corrected chi connectivity index (χ3v) is 3.14. The minimum Gasteiger partial charge on any atom is -0.229 e. The van der Waals surface area contributed by atoms with Crippen molar-refractivity contribution in [3.05, 3.63) is 48.5 Å². The van der Waals surface area contributed by atoms with Gasteiger partial charge in [-0.15, -0.1) is 9.79 Å². The van der Waals surface area contributed by atoms with Gasteiger partial charge in [-0.05, 0) is 35.4 Å². The van der Waals surface area contributed by atoms with Crippen molar-refractivity contribution in [3.63, 3.8) is 0 Å². The molecule has 0 heterocycles. The summed E-state index contributed by atoms with van der Waals surface area (Å²) in [4.78, 5) is 17.2. The maximum Gasteiger partial charge on any atom is 0.747 e. The van der Waals surface area contributed by atoms with Crippen molar-refractivity contribution in [2.45, 2.75) is 0 Å². The van der Waals surface area contributed by atoms with E-state index in [2.05, 4.69) is 9.05 Å². The summed E-state index contributed by atoms with van der Waals surface area (Å²) in [6, 6.07) is 13.2. The van der Waals surface area contributed by atoms with E-state index in [4.69, 9.17) is 9.79 Å². The Kier molecular flexibility index (Phi) is 4.77. The molecule has 2 aromatic carbocycles. The third-order valence-electron chi connectivity index (χ3n) is 2.41. The first-order valence-corrected chi connectivity index (χ1v) is 7.69. The van der Waals surface area contributed by atoms with Gasteiger partial charge in [-0.25, -0.2) is 9.05 Å². The van der Waals surface area contributed by atoms with E-state index in [9.17, 15) is 9.13 Å². The summed E-state index contributed by atoms with van der Waals surface area (Å²) in [5, 5.41) is 0. The molecule has 2 aromatic rings. The highest BCUT2D eigenvalue weighted by Crippen LogP contribution is 2.29. The molecule has 0 aliphatic rings. The van der Waals surface area contributed by atoms with Crippen molar-refractivity contribution < 1.29 is 28.0 Å². The second-order valence-corrected chi connectivity index (χ2v) is 5.02. The van der Waals surface area contributed by atoms with Gasteiger partial charge in [0.25, 0.3) is 0 Å². The van der Waals surface area contributed by atoms with Crippen molar-refractivity contribution >= 4 is 16.5 Å². The quantitative estimate of drug-likeness (QED) is 0.822. The fraction of sp³-hybridized carbons (Fsp3) is 0. The Balaban J connectivity index is 2.15. The van der Waals surface area contributed by atoms with Crippen LogP contribution in [-0.4, -0.2) is 9.79 Å². The van der Waals surface area contributed by atoms with E-state index >= 15 is 0 Å². The highest BCUT2D eigenvalue weighted by Gasteiger charge is 2.15. The van der Waals surface area contributed by atoms with Gasteiger partial charge < -0.3 is 0 Å². The van der Waals surface area contributed by atoms with Gasteiger partial charge in [0.15, 0.2) is 11.5 Å². The lowest BCUT2D eigenvalue weighted by Crippen LogP contribution is -1.83. The maximum absolute atomic E-state index is 10.5. The Bertz CT molecular complexity index is 566. The molecule has 20 heavy (non-hydrogen) atoms. The second-order valence-electron chi connectivity index (χ2n) is 3.71. The summed E-state index contributed by atoms with van der Waals surface area (Å²) >= 11 is 0. The molecule has 0 radical (unpaired) electrons. The topological polar surface area (TPSA) is 93.1 Å². The zero-order valence-corrected chi connectivity index (χ0v) is 11.8. The van der Waals surface area contributed by atoms with Gasteiger partial charge in [0, 0.05) is 9.13 Å². The van der Waals surface area contributed by atoms with Crippen LogP contribution in [0.5, 0.6) is 11.5 Å². The average molecular weight is 312 g/mol. The fourth-order valence-electron chi connectivity index (χ4n) is 1.60. The molecular weight excluding hydrogens is 302 g/mol. The molecule has 0 aromatic heterocycles. The van der Waals surface area contributed by atoms with Gasteiger partial charge in [-0.3, -0.25) is 0 Å². The van der Waals surface area contributed by atoms with E-state index in [1.807, 2.05) is 0 Å². The van der Waals surface area contributed by atoms with Gasteiger partial charge in [-0.1, -0.05) is 24.3 Å². The monoisotopic (exact) mass is 312 g/mol. The normalized spacial score (nSPS) is 11.7.